The number of hydrogen-bond donors (Lipinski definition) is 2. The molecule has 0 fully saturated rings. The first-order valence-electron chi connectivity index (χ1n) is 24.9. The summed E-state index contributed by atoms with van der Waals surface area (Å²) in [5, 5.41) is 1.34. The van der Waals surface area contributed by atoms with Crippen LogP contribution in [-0.4, -0.2) is 19.9 Å². The van der Waals surface area contributed by atoms with E-state index >= 15 is 0 Å². The summed E-state index contributed by atoms with van der Waals surface area (Å²) in [7, 11) is 0. The van der Waals surface area contributed by atoms with Crippen molar-refractivity contribution in [2.75, 3.05) is 0 Å². The third-order valence-corrected chi connectivity index (χ3v) is 15.8. The fourth-order valence-corrected chi connectivity index (χ4v) is 11.7. The number of nitrogens with zero attached hydrogens (tertiary/aromatic N) is 2. The minimum atomic E-state index is 0.335. The number of hydrogen-bond acceptors (Lipinski definition) is 2. The van der Waals surface area contributed by atoms with Crippen molar-refractivity contribution in [1.29, 1.82) is 0 Å². The molecule has 0 atom stereocenters. The zero-order chi connectivity index (χ0) is 51.3. The van der Waals surface area contributed by atoms with Crippen LogP contribution in [0.4, 0.5) is 0 Å². The Hall–Kier alpha value is -8.48. The summed E-state index contributed by atoms with van der Waals surface area (Å²) in [5.41, 5.74) is 18.9. The van der Waals surface area contributed by atoms with Crippen LogP contribution in [0, 0.1) is 0 Å². The van der Waals surface area contributed by atoms with Crippen LogP contribution in [0.25, 0.3) is 88.9 Å². The van der Waals surface area contributed by atoms with E-state index in [0.717, 1.165) is 89.1 Å². The summed E-state index contributed by atoms with van der Waals surface area (Å²) in [6, 6.07) is 82.6. The van der Waals surface area contributed by atoms with Crippen LogP contribution in [-0.2, 0) is 0 Å². The molecule has 2 aliphatic rings. The average Bonchev–Trinajstić information content (AvgIpc) is 4.30. The maximum atomic E-state index is 7.88. The van der Waals surface area contributed by atoms with Gasteiger partial charge in [0, 0.05) is 44.5 Å². The van der Waals surface area contributed by atoms with Crippen LogP contribution in [0.15, 0.2) is 243 Å². The lowest BCUT2D eigenvalue weighted by molar-refractivity contribution is 1.29. The van der Waals surface area contributed by atoms with Gasteiger partial charge in [-0.2, -0.15) is 0 Å². The molecule has 8 aromatic carbocycles. The van der Waals surface area contributed by atoms with E-state index in [1.54, 1.807) is 0 Å². The predicted octanol–water partition coefficient (Wildman–Crippen LogP) is 19.6. The van der Waals surface area contributed by atoms with Gasteiger partial charge >= 0.3 is 0 Å². The van der Waals surface area contributed by atoms with E-state index < -0.39 is 0 Å². The number of aromatic nitrogens is 4. The van der Waals surface area contributed by atoms with Gasteiger partial charge in [0.2, 0.25) is 0 Å². The fourth-order valence-electron chi connectivity index (χ4n) is 10.8. The SMILES string of the molecule is Clc1c(Cl)c2[nH]c1c(-c1ccccc1)c1nc(c(-c3ccccc3)c3[nH]c(c(Cl)c3Cl)c(-c3ccccc3)c3nc(c2-c2ccccc2)C(c2ccccc2)=C3c2ccccc2)C(c2ccccc2)=C1c1ccccc1. The molecule has 5 heterocycles. The summed E-state index contributed by atoms with van der Waals surface area (Å²) in [5.74, 6) is 0. The molecule has 0 saturated heterocycles. The lowest BCUT2D eigenvalue weighted by Gasteiger charge is -2.14. The molecule has 8 bridgehead atoms. The average molecular weight is 1060 g/mol. The third-order valence-electron chi connectivity index (χ3n) is 14.1. The monoisotopic (exact) mass is 1050 g/mol. The number of nitrogens with one attached hydrogen (secondary N) is 2. The van der Waals surface area contributed by atoms with Gasteiger partial charge in [-0.15, -0.1) is 0 Å². The molecule has 0 radical (unpaired) electrons. The molecule has 362 valence electrons. The molecule has 0 spiro atoms. The normalized spacial score (nSPS) is 12.4. The fraction of sp³-hybridized carbons (Fsp3) is 0. The highest BCUT2D eigenvalue weighted by atomic mass is 35.5. The molecule has 0 aliphatic carbocycles. The van der Waals surface area contributed by atoms with Gasteiger partial charge in [0.05, 0.1) is 64.9 Å². The summed E-state index contributed by atoms with van der Waals surface area (Å²) in [6.45, 7) is 0. The van der Waals surface area contributed by atoms with Crippen molar-refractivity contribution in [2.45, 2.75) is 0 Å². The second-order valence-corrected chi connectivity index (χ2v) is 20.1. The number of rotatable bonds is 8. The van der Waals surface area contributed by atoms with Gasteiger partial charge in [-0.25, -0.2) is 9.97 Å². The van der Waals surface area contributed by atoms with Gasteiger partial charge < -0.3 is 9.97 Å². The maximum Gasteiger partial charge on any atom is 0.0855 e. The molecule has 4 nitrogen and oxygen atoms in total. The highest BCUT2D eigenvalue weighted by molar-refractivity contribution is 6.49. The Labute approximate surface area is 459 Å². The Kier molecular flexibility index (Phi) is 12.4. The topological polar surface area (TPSA) is 57.4 Å². The van der Waals surface area contributed by atoms with Crippen LogP contribution in [0.1, 0.15) is 45.0 Å². The molecule has 0 saturated carbocycles. The lowest BCUT2D eigenvalue weighted by Crippen LogP contribution is -1.95. The summed E-state index contributed by atoms with van der Waals surface area (Å²) < 4.78 is 0. The molecule has 11 aromatic rings. The van der Waals surface area contributed by atoms with E-state index in [9.17, 15) is 0 Å². The van der Waals surface area contributed by atoms with Gasteiger partial charge in [-0.3, -0.25) is 0 Å². The Morgan fingerprint density at radius 2 is 0.368 bits per heavy atom. The van der Waals surface area contributed by atoms with E-state index in [-0.39, 0.29) is 0 Å². The van der Waals surface area contributed by atoms with Gasteiger partial charge in [-0.05, 0) is 44.5 Å². The molecular formula is C68H42Cl4N4. The number of aromatic amines is 2. The van der Waals surface area contributed by atoms with Gasteiger partial charge in [0.15, 0.2) is 0 Å². The Balaban J connectivity index is 1.38. The zero-order valence-corrected chi connectivity index (χ0v) is 43.5. The van der Waals surface area contributed by atoms with E-state index in [4.69, 9.17) is 56.4 Å². The summed E-state index contributed by atoms with van der Waals surface area (Å²) in [6.07, 6.45) is 0. The third kappa shape index (κ3) is 8.10. The van der Waals surface area contributed by atoms with Gasteiger partial charge in [0.1, 0.15) is 0 Å². The summed E-state index contributed by atoms with van der Waals surface area (Å²) >= 11 is 31.5. The van der Waals surface area contributed by atoms with Crippen LogP contribution >= 0.6 is 46.4 Å². The second-order valence-electron chi connectivity index (χ2n) is 18.6. The Bertz CT molecular complexity index is 3710. The molecule has 8 heteroatoms. The molecule has 0 amide bonds. The first-order chi connectivity index (χ1) is 37.4. The van der Waals surface area contributed by atoms with Crippen molar-refractivity contribution < 1.29 is 0 Å². The smallest absolute Gasteiger partial charge is 0.0855 e. The van der Waals surface area contributed by atoms with Gasteiger partial charge in [-0.1, -0.05) is 289 Å². The molecule has 3 aromatic heterocycles. The van der Waals surface area contributed by atoms with Crippen LogP contribution in [0.3, 0.4) is 0 Å². The van der Waals surface area contributed by atoms with E-state index in [0.29, 0.717) is 64.9 Å². The first kappa shape index (κ1) is 47.2. The minimum Gasteiger partial charge on any atom is -0.352 e. The van der Waals surface area contributed by atoms with Gasteiger partial charge in [0.25, 0.3) is 0 Å². The van der Waals surface area contributed by atoms with Crippen molar-refractivity contribution in [2.24, 2.45) is 0 Å². The Morgan fingerprint density at radius 3 is 0.539 bits per heavy atom. The molecule has 0 unspecified atom stereocenters. The van der Waals surface area contributed by atoms with Crippen LogP contribution in [0.2, 0.25) is 20.1 Å². The highest BCUT2D eigenvalue weighted by Crippen LogP contribution is 2.53. The van der Waals surface area contributed by atoms with Crippen LogP contribution in [0.5, 0.6) is 0 Å². The number of fused-ring (bicyclic) bond motifs is 8. The van der Waals surface area contributed by atoms with Crippen molar-refractivity contribution in [3.05, 3.63) is 308 Å². The second kappa shape index (κ2) is 20.0. The minimum absolute atomic E-state index is 0.335. The molecule has 13 rings (SSSR count). The molecule has 2 aliphatic heterocycles. The van der Waals surface area contributed by atoms with Crippen LogP contribution < -0.4 is 0 Å². The number of halogens is 4. The largest absolute Gasteiger partial charge is 0.352 e. The van der Waals surface area contributed by atoms with Crippen molar-refractivity contribution in [1.82, 2.24) is 19.9 Å². The lowest BCUT2D eigenvalue weighted by atomic mass is 9.88. The number of benzene rings is 8. The molecule has 2 N–H and O–H groups in total. The predicted molar refractivity (Wildman–Crippen MR) is 319 cm³/mol. The van der Waals surface area contributed by atoms with Crippen molar-refractivity contribution >= 4 is 90.8 Å². The Morgan fingerprint density at radius 1 is 0.211 bits per heavy atom. The quantitative estimate of drug-likeness (QED) is 0.159. The summed E-state index contributed by atoms with van der Waals surface area (Å²) in [4.78, 5) is 19.7. The van der Waals surface area contributed by atoms with Crippen molar-refractivity contribution in [3.8, 4) is 44.5 Å². The molecule has 76 heavy (non-hydrogen) atoms. The van der Waals surface area contributed by atoms with E-state index in [1.165, 1.54) is 0 Å². The maximum absolute atomic E-state index is 7.88. The van der Waals surface area contributed by atoms with Crippen molar-refractivity contribution in [3.63, 3.8) is 0 Å². The van der Waals surface area contributed by atoms with E-state index in [1.807, 2.05) is 97.1 Å². The highest BCUT2D eigenvalue weighted by Gasteiger charge is 2.34. The number of H-pyrrole nitrogens is 2. The first-order valence-corrected chi connectivity index (χ1v) is 26.4. The standard InChI is InChI=1S/C68H42Cl4N4/c69-57-58(70)67-55(47-37-21-7-22-38-47)63-51(43-29-13-3-14-30-43)52(44-31-15-4-16-32-44)64(74-63)56(48-39-23-8-24-40-48)68-60(72)59(71)66(76-68)54(46-35-19-6-20-36-46)62-50(42-27-11-2-12-28-42)49(41-25-9-1-10-26-41)61(73-62)53(65(57)75-67)45-33-17-5-18-34-45/h1-40,75-76H. The van der Waals surface area contributed by atoms with E-state index in [2.05, 4.69) is 156 Å². The zero-order valence-electron chi connectivity index (χ0n) is 40.5. The molecular weight excluding hydrogens is 1010 g/mol.